The molecule has 2 heterocycles. The van der Waals surface area contributed by atoms with Crippen LogP contribution in [0.3, 0.4) is 0 Å². The van der Waals surface area contributed by atoms with Crippen LogP contribution < -0.4 is 10.9 Å². The number of aromatic nitrogens is 3. The Kier molecular flexibility index (Phi) is 6.17. The number of hydrogen-bond donors (Lipinski definition) is 2. The summed E-state index contributed by atoms with van der Waals surface area (Å²) in [5.74, 6) is 0.200. The number of nitrogens with zero attached hydrogens (tertiary/aromatic N) is 2. The van der Waals surface area contributed by atoms with Gasteiger partial charge in [-0.1, -0.05) is 60.6 Å². The fourth-order valence-corrected chi connectivity index (χ4v) is 5.56. The van der Waals surface area contributed by atoms with E-state index in [1.807, 2.05) is 35.8 Å². The maximum Gasteiger partial charge on any atom is 0.271 e. The van der Waals surface area contributed by atoms with E-state index in [1.54, 1.807) is 0 Å². The summed E-state index contributed by atoms with van der Waals surface area (Å²) in [4.78, 5) is 32.3. The molecule has 1 aromatic carbocycles. The summed E-state index contributed by atoms with van der Waals surface area (Å²) in [5, 5.41) is 3.52. The molecule has 6 nitrogen and oxygen atoms in total. The summed E-state index contributed by atoms with van der Waals surface area (Å²) in [5.41, 5.74) is 2.26. The molecule has 0 spiro atoms. The first-order valence-corrected chi connectivity index (χ1v) is 11.9. The molecule has 0 atom stereocenters. The lowest BCUT2D eigenvalue weighted by Crippen LogP contribution is -2.37. The first-order chi connectivity index (χ1) is 14.0. The minimum absolute atomic E-state index is 0.0225. The number of aryl methyl sites for hydroxylation is 1. The molecule has 1 aliphatic carbocycles. The molecule has 1 saturated carbocycles. The zero-order chi connectivity index (χ0) is 20.4. The van der Waals surface area contributed by atoms with Gasteiger partial charge in [-0.15, -0.1) is 0 Å². The van der Waals surface area contributed by atoms with Crippen molar-refractivity contribution in [1.29, 1.82) is 0 Å². The third-order valence-electron chi connectivity index (χ3n) is 5.09. The number of aromatic amines is 1. The number of hydrogen-bond acceptors (Lipinski definition) is 6. The van der Waals surface area contributed by atoms with Gasteiger partial charge >= 0.3 is 0 Å². The molecule has 0 aliphatic heterocycles. The van der Waals surface area contributed by atoms with E-state index in [2.05, 4.69) is 15.3 Å². The quantitative estimate of drug-likeness (QED) is 0.346. The third-order valence-corrected chi connectivity index (χ3v) is 7.32. The van der Waals surface area contributed by atoms with Crippen molar-refractivity contribution in [2.24, 2.45) is 0 Å². The highest BCUT2D eigenvalue weighted by Gasteiger charge is 2.18. The summed E-state index contributed by atoms with van der Waals surface area (Å²) < 4.78 is 2.91. The highest BCUT2D eigenvalue weighted by atomic mass is 32.2. The van der Waals surface area contributed by atoms with Crippen LogP contribution in [0.25, 0.3) is 16.0 Å². The van der Waals surface area contributed by atoms with Gasteiger partial charge in [0.1, 0.15) is 4.70 Å². The molecular formula is C20H22N4O2S3. The zero-order valence-corrected chi connectivity index (χ0v) is 18.5. The predicted octanol–water partition coefficient (Wildman–Crippen LogP) is 4.35. The number of thiazole rings is 1. The molecule has 0 bridgehead atoms. The maximum absolute atomic E-state index is 12.6. The molecule has 9 heteroatoms. The van der Waals surface area contributed by atoms with Crippen LogP contribution >= 0.6 is 35.3 Å². The first-order valence-electron chi connectivity index (χ1n) is 9.67. The van der Waals surface area contributed by atoms with Crippen LogP contribution in [0.15, 0.2) is 34.2 Å². The van der Waals surface area contributed by atoms with E-state index in [1.165, 1.54) is 42.4 Å². The second kappa shape index (κ2) is 8.81. The smallest absolute Gasteiger partial charge is 0.271 e. The number of carbonyl (C=O) groups is 1. The Bertz CT molecular complexity index is 1160. The molecule has 2 N–H and O–H groups in total. The molecule has 0 radical (unpaired) electrons. The molecule has 0 saturated heterocycles. The number of thioether (sulfide) groups is 1. The van der Waals surface area contributed by atoms with E-state index >= 15 is 0 Å². The Labute approximate surface area is 181 Å². The minimum atomic E-state index is -0.228. The normalized spacial score (nSPS) is 14.9. The summed E-state index contributed by atoms with van der Waals surface area (Å²) >= 11 is 8.00. The van der Waals surface area contributed by atoms with Crippen LogP contribution in [0.1, 0.15) is 37.7 Å². The van der Waals surface area contributed by atoms with Gasteiger partial charge in [-0.25, -0.2) is 4.98 Å². The fraction of sp³-hybridized carbons (Fsp3) is 0.400. The van der Waals surface area contributed by atoms with E-state index in [0.717, 1.165) is 24.1 Å². The highest BCUT2D eigenvalue weighted by molar-refractivity contribution is 7.99. The third kappa shape index (κ3) is 4.46. The van der Waals surface area contributed by atoms with Crippen LogP contribution in [0.5, 0.6) is 0 Å². The summed E-state index contributed by atoms with van der Waals surface area (Å²) in [7, 11) is 0. The number of H-pyrrole nitrogens is 1. The fourth-order valence-electron chi connectivity index (χ4n) is 3.64. The topological polar surface area (TPSA) is 79.8 Å². The van der Waals surface area contributed by atoms with Crippen molar-refractivity contribution < 1.29 is 4.79 Å². The van der Waals surface area contributed by atoms with Crippen molar-refractivity contribution in [3.63, 3.8) is 0 Å². The van der Waals surface area contributed by atoms with Gasteiger partial charge in [-0.05, 0) is 43.6 Å². The molecule has 0 unspecified atom stereocenters. The average molecular weight is 447 g/mol. The summed E-state index contributed by atoms with van der Waals surface area (Å²) in [6, 6.07) is 8.13. The summed E-state index contributed by atoms with van der Waals surface area (Å²) in [6.07, 6.45) is 5.68. The number of fused-ring (bicyclic) bond motifs is 1. The Hall–Kier alpha value is -1.97. The van der Waals surface area contributed by atoms with Gasteiger partial charge in [0.25, 0.3) is 5.56 Å². The van der Waals surface area contributed by atoms with Crippen molar-refractivity contribution in [2.75, 3.05) is 5.75 Å². The lowest BCUT2D eigenvalue weighted by molar-refractivity contribution is -0.119. The average Bonchev–Trinajstić information content (AvgIpc) is 3.04. The van der Waals surface area contributed by atoms with Crippen LogP contribution in [0.4, 0.5) is 0 Å². The zero-order valence-electron chi connectivity index (χ0n) is 16.1. The molecule has 2 aromatic heterocycles. The van der Waals surface area contributed by atoms with Crippen molar-refractivity contribution in [3.05, 3.63) is 44.1 Å². The molecule has 1 aliphatic rings. The standard InChI is InChI=1S/C20H22N4O2S3/c1-12-7-5-6-10-14(12)24-17-16(29-20(24)27)18(26)23-19(22-17)28-11-15(25)21-13-8-3-2-4-9-13/h5-7,10,13H,2-4,8-9,11H2,1H3,(H,21,25)(H,22,23,26). The van der Waals surface area contributed by atoms with Crippen molar-refractivity contribution >= 4 is 51.6 Å². The van der Waals surface area contributed by atoms with Crippen LogP contribution in [0, 0.1) is 10.9 Å². The monoisotopic (exact) mass is 446 g/mol. The number of benzene rings is 1. The van der Waals surface area contributed by atoms with E-state index < -0.39 is 0 Å². The Balaban J connectivity index is 1.59. The molecule has 29 heavy (non-hydrogen) atoms. The molecular weight excluding hydrogens is 424 g/mol. The first kappa shape index (κ1) is 20.3. The molecule has 152 valence electrons. The maximum atomic E-state index is 12.6. The van der Waals surface area contributed by atoms with Gasteiger partial charge in [0.15, 0.2) is 14.8 Å². The van der Waals surface area contributed by atoms with E-state index in [4.69, 9.17) is 12.2 Å². The van der Waals surface area contributed by atoms with Gasteiger partial charge in [0, 0.05) is 6.04 Å². The predicted molar refractivity (Wildman–Crippen MR) is 121 cm³/mol. The second-order valence-electron chi connectivity index (χ2n) is 7.20. The number of nitrogens with one attached hydrogen (secondary N) is 2. The van der Waals surface area contributed by atoms with Gasteiger partial charge in [0.05, 0.1) is 11.4 Å². The van der Waals surface area contributed by atoms with Gasteiger partial charge < -0.3 is 10.3 Å². The largest absolute Gasteiger partial charge is 0.353 e. The second-order valence-corrected chi connectivity index (χ2v) is 9.81. The Morgan fingerprint density at radius 1 is 1.34 bits per heavy atom. The van der Waals surface area contributed by atoms with E-state index in [0.29, 0.717) is 19.5 Å². The number of para-hydroxylation sites is 1. The highest BCUT2D eigenvalue weighted by Crippen LogP contribution is 2.26. The van der Waals surface area contributed by atoms with E-state index in [-0.39, 0.29) is 23.3 Å². The molecule has 4 rings (SSSR count). The lowest BCUT2D eigenvalue weighted by atomic mass is 9.95. The number of rotatable bonds is 5. The van der Waals surface area contributed by atoms with Crippen molar-refractivity contribution in [1.82, 2.24) is 19.9 Å². The lowest BCUT2D eigenvalue weighted by Gasteiger charge is -2.22. The SMILES string of the molecule is Cc1ccccc1-n1c(=S)sc2c(=O)[nH]c(SCC(=O)NC3CCCCC3)nc21. The Morgan fingerprint density at radius 3 is 2.86 bits per heavy atom. The van der Waals surface area contributed by atoms with Crippen molar-refractivity contribution in [2.45, 2.75) is 50.2 Å². The number of amides is 1. The van der Waals surface area contributed by atoms with Gasteiger partial charge in [-0.3, -0.25) is 14.2 Å². The Morgan fingerprint density at radius 2 is 2.10 bits per heavy atom. The van der Waals surface area contributed by atoms with Crippen molar-refractivity contribution in [3.8, 4) is 5.69 Å². The molecule has 1 fully saturated rings. The van der Waals surface area contributed by atoms with Gasteiger partial charge in [-0.2, -0.15) is 0 Å². The molecule has 3 aromatic rings. The van der Waals surface area contributed by atoms with E-state index in [9.17, 15) is 9.59 Å². The van der Waals surface area contributed by atoms with Crippen LogP contribution in [-0.4, -0.2) is 32.2 Å². The number of carbonyl (C=O) groups excluding carboxylic acids is 1. The summed E-state index contributed by atoms with van der Waals surface area (Å²) in [6.45, 7) is 2.00. The van der Waals surface area contributed by atoms with Crippen LogP contribution in [0.2, 0.25) is 0 Å². The minimum Gasteiger partial charge on any atom is -0.353 e. The van der Waals surface area contributed by atoms with Gasteiger partial charge in [0.2, 0.25) is 5.91 Å². The molecule has 1 amide bonds. The van der Waals surface area contributed by atoms with Crippen LogP contribution in [-0.2, 0) is 4.79 Å².